The van der Waals surface area contributed by atoms with Gasteiger partial charge in [0.25, 0.3) is 5.56 Å². The minimum atomic E-state index is -0.654. The zero-order chi connectivity index (χ0) is 24.2. The summed E-state index contributed by atoms with van der Waals surface area (Å²) in [5.74, 6) is 0.939. The average Bonchev–Trinajstić information content (AvgIpc) is 3.13. The fraction of sp³-hybridized carbons (Fsp3) is 0.269. The van der Waals surface area contributed by atoms with E-state index in [0.29, 0.717) is 33.0 Å². The van der Waals surface area contributed by atoms with Crippen molar-refractivity contribution in [2.45, 2.75) is 26.8 Å². The number of thiazole rings is 1. The second-order valence-electron chi connectivity index (χ2n) is 7.58. The molecule has 0 N–H and O–H groups in total. The lowest BCUT2D eigenvalue weighted by atomic mass is 9.96. The standard InChI is InChI=1S/C26H26N2O5S/c1-5-32-19-12-10-18(11-13-19)23-22(25(30)33-6-2)16(3)27-26-28(23)24(29)21(34-26)15-17-8-7-9-20(14-17)31-4/h7-15,23H,5-6H2,1-4H3. The van der Waals surface area contributed by atoms with Crippen LogP contribution in [0, 0.1) is 0 Å². The molecule has 0 radical (unpaired) electrons. The second-order valence-corrected chi connectivity index (χ2v) is 8.59. The number of benzene rings is 2. The Labute approximate surface area is 201 Å². The number of hydrogen-bond donors (Lipinski definition) is 0. The second kappa shape index (κ2) is 10.1. The van der Waals surface area contributed by atoms with Crippen molar-refractivity contribution < 1.29 is 19.0 Å². The third-order valence-corrected chi connectivity index (χ3v) is 6.40. The first-order valence-electron chi connectivity index (χ1n) is 11.0. The van der Waals surface area contributed by atoms with Crippen LogP contribution in [0.1, 0.15) is 37.9 Å². The summed E-state index contributed by atoms with van der Waals surface area (Å²) in [6.45, 7) is 6.22. The number of nitrogens with zero attached hydrogens (tertiary/aromatic N) is 2. The highest BCUT2D eigenvalue weighted by Gasteiger charge is 2.33. The van der Waals surface area contributed by atoms with Gasteiger partial charge in [-0.25, -0.2) is 9.79 Å². The van der Waals surface area contributed by atoms with Gasteiger partial charge >= 0.3 is 5.97 Å². The summed E-state index contributed by atoms with van der Waals surface area (Å²) in [5, 5.41) is 0. The van der Waals surface area contributed by atoms with Crippen molar-refractivity contribution in [1.82, 2.24) is 4.57 Å². The third kappa shape index (κ3) is 4.54. The minimum Gasteiger partial charge on any atom is -0.497 e. The highest BCUT2D eigenvalue weighted by molar-refractivity contribution is 7.07. The van der Waals surface area contributed by atoms with Gasteiger partial charge in [0.05, 0.1) is 42.2 Å². The Morgan fingerprint density at radius 2 is 1.88 bits per heavy atom. The van der Waals surface area contributed by atoms with Crippen molar-refractivity contribution in [3.8, 4) is 11.5 Å². The number of allylic oxidation sites excluding steroid dienone is 1. The van der Waals surface area contributed by atoms with Gasteiger partial charge in [-0.3, -0.25) is 9.36 Å². The van der Waals surface area contributed by atoms with Crippen molar-refractivity contribution in [3.05, 3.63) is 90.6 Å². The van der Waals surface area contributed by atoms with Gasteiger partial charge < -0.3 is 14.2 Å². The van der Waals surface area contributed by atoms with E-state index in [2.05, 4.69) is 4.99 Å². The molecule has 0 fully saturated rings. The molecule has 0 aliphatic carbocycles. The van der Waals surface area contributed by atoms with Gasteiger partial charge in [0.15, 0.2) is 4.80 Å². The van der Waals surface area contributed by atoms with Crippen molar-refractivity contribution in [2.24, 2.45) is 4.99 Å². The van der Waals surface area contributed by atoms with E-state index in [1.54, 1.807) is 25.5 Å². The van der Waals surface area contributed by atoms with Crippen LogP contribution in [0.15, 0.2) is 69.6 Å². The van der Waals surface area contributed by atoms with Crippen molar-refractivity contribution in [3.63, 3.8) is 0 Å². The van der Waals surface area contributed by atoms with E-state index in [1.807, 2.05) is 61.5 Å². The Morgan fingerprint density at radius 1 is 1.12 bits per heavy atom. The molecule has 3 aromatic rings. The number of esters is 1. The van der Waals surface area contributed by atoms with Crippen LogP contribution in [0.2, 0.25) is 0 Å². The lowest BCUT2D eigenvalue weighted by Gasteiger charge is -2.24. The molecule has 7 nitrogen and oxygen atoms in total. The average molecular weight is 479 g/mol. The minimum absolute atomic E-state index is 0.222. The molecule has 0 amide bonds. The molecular formula is C26H26N2O5S. The predicted octanol–water partition coefficient (Wildman–Crippen LogP) is 3.21. The number of fused-ring (bicyclic) bond motifs is 1. The maximum Gasteiger partial charge on any atom is 0.338 e. The molecule has 1 aromatic heterocycles. The van der Waals surface area contributed by atoms with E-state index in [9.17, 15) is 9.59 Å². The van der Waals surface area contributed by atoms with Crippen LogP contribution in [0.3, 0.4) is 0 Å². The highest BCUT2D eigenvalue weighted by atomic mass is 32.1. The van der Waals surface area contributed by atoms with Gasteiger partial charge in [0, 0.05) is 0 Å². The molecule has 0 bridgehead atoms. The van der Waals surface area contributed by atoms with E-state index >= 15 is 0 Å². The Bertz CT molecular complexity index is 1420. The molecule has 176 valence electrons. The lowest BCUT2D eigenvalue weighted by Crippen LogP contribution is -2.39. The molecule has 1 aliphatic rings. The number of carbonyl (C=O) groups excluding carboxylic acids is 1. The zero-order valence-electron chi connectivity index (χ0n) is 19.5. The molecule has 1 aliphatic heterocycles. The predicted molar refractivity (Wildman–Crippen MR) is 131 cm³/mol. The van der Waals surface area contributed by atoms with E-state index in [0.717, 1.165) is 16.9 Å². The SMILES string of the molecule is CCOC(=O)C1=C(C)N=c2sc(=Cc3cccc(OC)c3)c(=O)n2C1c1ccc(OCC)cc1. The largest absolute Gasteiger partial charge is 0.497 e. The van der Waals surface area contributed by atoms with Crippen molar-refractivity contribution in [2.75, 3.05) is 20.3 Å². The molecule has 34 heavy (non-hydrogen) atoms. The lowest BCUT2D eigenvalue weighted by molar-refractivity contribution is -0.139. The van der Waals surface area contributed by atoms with Crippen LogP contribution in [-0.2, 0) is 9.53 Å². The Hall–Kier alpha value is -3.65. The van der Waals surface area contributed by atoms with Gasteiger partial charge in [-0.05, 0) is 62.2 Å². The summed E-state index contributed by atoms with van der Waals surface area (Å²) in [6, 6.07) is 14.2. The molecular weight excluding hydrogens is 452 g/mol. The number of carbonyl (C=O) groups is 1. The summed E-state index contributed by atoms with van der Waals surface area (Å²) < 4.78 is 18.3. The maximum atomic E-state index is 13.6. The Morgan fingerprint density at radius 3 is 2.56 bits per heavy atom. The van der Waals surface area contributed by atoms with Gasteiger partial charge in [-0.2, -0.15) is 0 Å². The molecule has 4 rings (SSSR count). The van der Waals surface area contributed by atoms with Gasteiger partial charge in [-0.15, -0.1) is 0 Å². The highest BCUT2D eigenvalue weighted by Crippen LogP contribution is 2.31. The molecule has 0 saturated heterocycles. The number of aromatic nitrogens is 1. The third-order valence-electron chi connectivity index (χ3n) is 5.42. The van der Waals surface area contributed by atoms with E-state index in [1.165, 1.54) is 11.3 Å². The van der Waals surface area contributed by atoms with Crippen LogP contribution in [0.25, 0.3) is 6.08 Å². The number of rotatable bonds is 7. The van der Waals surface area contributed by atoms with E-state index in [-0.39, 0.29) is 12.2 Å². The summed E-state index contributed by atoms with van der Waals surface area (Å²) in [6.07, 6.45) is 1.81. The molecule has 0 spiro atoms. The first kappa shape index (κ1) is 23.5. The van der Waals surface area contributed by atoms with Gasteiger partial charge in [-0.1, -0.05) is 35.6 Å². The van der Waals surface area contributed by atoms with Gasteiger partial charge in [0.2, 0.25) is 0 Å². The van der Waals surface area contributed by atoms with Crippen LogP contribution in [0.4, 0.5) is 0 Å². The summed E-state index contributed by atoms with van der Waals surface area (Å²) in [7, 11) is 1.60. The maximum absolute atomic E-state index is 13.6. The Kier molecular flexibility index (Phi) is 6.98. The molecule has 8 heteroatoms. The van der Waals surface area contributed by atoms with E-state index in [4.69, 9.17) is 14.2 Å². The molecule has 1 unspecified atom stereocenters. The Balaban J connectivity index is 1.90. The first-order valence-corrected chi connectivity index (χ1v) is 11.8. The zero-order valence-corrected chi connectivity index (χ0v) is 20.3. The van der Waals surface area contributed by atoms with Crippen molar-refractivity contribution >= 4 is 23.4 Å². The van der Waals surface area contributed by atoms with Crippen LogP contribution in [0.5, 0.6) is 11.5 Å². The smallest absolute Gasteiger partial charge is 0.338 e. The molecule has 0 saturated carbocycles. The molecule has 1 atom stereocenters. The summed E-state index contributed by atoms with van der Waals surface area (Å²) in [5.41, 5.74) is 2.27. The van der Waals surface area contributed by atoms with Crippen molar-refractivity contribution in [1.29, 1.82) is 0 Å². The van der Waals surface area contributed by atoms with Crippen LogP contribution >= 0.6 is 11.3 Å². The summed E-state index contributed by atoms with van der Waals surface area (Å²) >= 11 is 1.29. The quantitative estimate of drug-likeness (QED) is 0.488. The summed E-state index contributed by atoms with van der Waals surface area (Å²) in [4.78, 5) is 31.7. The topological polar surface area (TPSA) is 79.1 Å². The van der Waals surface area contributed by atoms with Crippen LogP contribution in [-0.4, -0.2) is 30.9 Å². The van der Waals surface area contributed by atoms with Gasteiger partial charge in [0.1, 0.15) is 11.5 Å². The fourth-order valence-electron chi connectivity index (χ4n) is 3.90. The molecule has 2 aromatic carbocycles. The number of methoxy groups -OCH3 is 1. The number of ether oxygens (including phenoxy) is 3. The molecule has 2 heterocycles. The monoisotopic (exact) mass is 478 g/mol. The fourth-order valence-corrected chi connectivity index (χ4v) is 4.95. The normalized spacial score (nSPS) is 15.5. The number of hydrogen-bond acceptors (Lipinski definition) is 7. The first-order chi connectivity index (χ1) is 16.5. The van der Waals surface area contributed by atoms with E-state index < -0.39 is 12.0 Å². The van der Waals surface area contributed by atoms with Crippen LogP contribution < -0.4 is 24.4 Å².